The van der Waals surface area contributed by atoms with Crippen molar-refractivity contribution in [3.05, 3.63) is 51.7 Å². The molecule has 0 N–H and O–H groups in total. The number of hydrogen-bond acceptors (Lipinski definition) is 4. The average molecular weight is 279 g/mol. The molecule has 0 spiro atoms. The summed E-state index contributed by atoms with van der Waals surface area (Å²) >= 11 is 0. The lowest BCUT2D eigenvalue weighted by atomic mass is 9.93. The van der Waals surface area contributed by atoms with Gasteiger partial charge in [-0.2, -0.15) is 4.98 Å². The Morgan fingerprint density at radius 2 is 2.19 bits per heavy atom. The lowest BCUT2D eigenvalue weighted by Crippen LogP contribution is -2.16. The van der Waals surface area contributed by atoms with Gasteiger partial charge in [0, 0.05) is 28.9 Å². The number of ether oxygens (including phenoxy) is 1. The second-order valence-electron chi connectivity index (χ2n) is 5.81. The van der Waals surface area contributed by atoms with Gasteiger partial charge in [-0.3, -0.25) is 9.78 Å². The van der Waals surface area contributed by atoms with E-state index >= 15 is 0 Å². The predicted molar refractivity (Wildman–Crippen MR) is 77.3 cm³/mol. The van der Waals surface area contributed by atoms with E-state index in [9.17, 15) is 4.79 Å². The molecule has 3 aromatic rings. The lowest BCUT2D eigenvalue weighted by Gasteiger charge is -2.18. The van der Waals surface area contributed by atoms with Crippen molar-refractivity contribution in [1.29, 1.82) is 0 Å². The van der Waals surface area contributed by atoms with Gasteiger partial charge in [0.25, 0.3) is 5.56 Å². The monoisotopic (exact) mass is 279 g/mol. The van der Waals surface area contributed by atoms with Crippen molar-refractivity contribution in [1.82, 2.24) is 14.4 Å². The SMILES string of the molecule is Cc1cn2c3c(c4ncccc4c2nc1=O)C1CCC3O1. The van der Waals surface area contributed by atoms with E-state index in [0.29, 0.717) is 11.2 Å². The van der Waals surface area contributed by atoms with Gasteiger partial charge in [0.05, 0.1) is 23.4 Å². The van der Waals surface area contributed by atoms with Gasteiger partial charge in [-0.1, -0.05) is 0 Å². The first-order chi connectivity index (χ1) is 10.2. The maximum absolute atomic E-state index is 12.0. The highest BCUT2D eigenvalue weighted by Gasteiger charge is 2.41. The summed E-state index contributed by atoms with van der Waals surface area (Å²) in [4.78, 5) is 20.8. The standard InChI is InChI=1S/C16H13N3O2/c1-8-7-19-14-11-5-4-10(21-11)12(14)13-9(3-2-6-17-13)15(19)18-16(8)20/h2-3,6-7,10-11H,4-5H2,1H3. The summed E-state index contributed by atoms with van der Waals surface area (Å²) in [7, 11) is 0. The molecule has 5 nitrogen and oxygen atoms in total. The van der Waals surface area contributed by atoms with Crippen LogP contribution in [-0.2, 0) is 4.74 Å². The van der Waals surface area contributed by atoms with Crippen molar-refractivity contribution in [3.8, 4) is 0 Å². The molecule has 2 bridgehead atoms. The van der Waals surface area contributed by atoms with Crippen LogP contribution in [0.3, 0.4) is 0 Å². The molecule has 3 aromatic heterocycles. The second-order valence-corrected chi connectivity index (χ2v) is 5.81. The summed E-state index contributed by atoms with van der Waals surface area (Å²) in [6.45, 7) is 1.80. The van der Waals surface area contributed by atoms with Gasteiger partial charge >= 0.3 is 0 Å². The van der Waals surface area contributed by atoms with Gasteiger partial charge < -0.3 is 9.14 Å². The molecule has 0 aromatic carbocycles. The average Bonchev–Trinajstić information content (AvgIpc) is 3.11. The summed E-state index contributed by atoms with van der Waals surface area (Å²) in [5.74, 6) is 0. The first kappa shape index (κ1) is 11.4. The first-order valence-corrected chi connectivity index (χ1v) is 7.20. The summed E-state index contributed by atoms with van der Waals surface area (Å²) in [6.07, 6.45) is 5.98. The zero-order valence-electron chi connectivity index (χ0n) is 11.5. The Morgan fingerprint density at radius 3 is 3.10 bits per heavy atom. The zero-order valence-corrected chi connectivity index (χ0v) is 11.5. The van der Waals surface area contributed by atoms with E-state index in [0.717, 1.165) is 29.4 Å². The quantitative estimate of drug-likeness (QED) is 0.593. The second kappa shape index (κ2) is 3.68. The normalized spacial score (nSPS) is 23.1. The van der Waals surface area contributed by atoms with Crippen molar-refractivity contribution >= 4 is 16.6 Å². The highest BCUT2D eigenvalue weighted by atomic mass is 16.5. The minimum Gasteiger partial charge on any atom is -0.364 e. The van der Waals surface area contributed by atoms with Crippen molar-refractivity contribution in [2.45, 2.75) is 32.0 Å². The molecule has 5 heteroatoms. The van der Waals surface area contributed by atoms with Crippen LogP contribution in [0.15, 0.2) is 29.3 Å². The van der Waals surface area contributed by atoms with Gasteiger partial charge in [0.15, 0.2) is 5.65 Å². The van der Waals surface area contributed by atoms with Crippen LogP contribution in [0.4, 0.5) is 0 Å². The molecular weight excluding hydrogens is 266 g/mol. The third-order valence-electron chi connectivity index (χ3n) is 4.58. The molecule has 5 rings (SSSR count). The number of hydrogen-bond donors (Lipinski definition) is 0. The van der Waals surface area contributed by atoms with E-state index in [1.165, 1.54) is 5.56 Å². The maximum Gasteiger partial charge on any atom is 0.276 e. The van der Waals surface area contributed by atoms with Crippen LogP contribution in [0, 0.1) is 6.92 Å². The van der Waals surface area contributed by atoms with Gasteiger partial charge in [0.1, 0.15) is 0 Å². The van der Waals surface area contributed by atoms with E-state index in [4.69, 9.17) is 4.74 Å². The smallest absolute Gasteiger partial charge is 0.276 e. The summed E-state index contributed by atoms with van der Waals surface area (Å²) < 4.78 is 8.10. The van der Waals surface area contributed by atoms with Crippen molar-refractivity contribution in [3.63, 3.8) is 0 Å². The van der Waals surface area contributed by atoms with Crippen LogP contribution in [0.5, 0.6) is 0 Å². The van der Waals surface area contributed by atoms with Gasteiger partial charge in [-0.25, -0.2) is 0 Å². The molecule has 1 fully saturated rings. The molecule has 21 heavy (non-hydrogen) atoms. The Labute approximate surface area is 120 Å². The van der Waals surface area contributed by atoms with Gasteiger partial charge in [-0.05, 0) is 31.9 Å². The Balaban J connectivity index is 2.09. The summed E-state index contributed by atoms with van der Waals surface area (Å²) in [6, 6.07) is 3.86. The van der Waals surface area contributed by atoms with Crippen LogP contribution in [0.25, 0.3) is 16.6 Å². The number of pyridine rings is 2. The largest absolute Gasteiger partial charge is 0.364 e. The summed E-state index contributed by atoms with van der Waals surface area (Å²) in [5, 5.41) is 0.921. The minimum absolute atomic E-state index is 0.0996. The van der Waals surface area contributed by atoms with Crippen LogP contribution in [0.2, 0.25) is 0 Å². The molecule has 2 unspecified atom stereocenters. The van der Waals surface area contributed by atoms with Crippen LogP contribution in [-0.4, -0.2) is 14.4 Å². The topological polar surface area (TPSA) is 56.5 Å². The lowest BCUT2D eigenvalue weighted by molar-refractivity contribution is 0.0703. The zero-order chi connectivity index (χ0) is 14.1. The highest BCUT2D eigenvalue weighted by Crippen LogP contribution is 2.52. The Hall–Kier alpha value is -2.27. The fourth-order valence-electron chi connectivity index (χ4n) is 3.67. The first-order valence-electron chi connectivity index (χ1n) is 7.20. The molecule has 0 saturated carbocycles. The van der Waals surface area contributed by atoms with Crippen LogP contribution >= 0.6 is 0 Å². The van der Waals surface area contributed by atoms with E-state index in [2.05, 4.69) is 9.97 Å². The molecule has 0 amide bonds. The molecule has 104 valence electrons. The fraction of sp³-hybridized carbons (Fsp3) is 0.312. The third-order valence-corrected chi connectivity index (χ3v) is 4.58. The number of aromatic nitrogens is 3. The maximum atomic E-state index is 12.0. The van der Waals surface area contributed by atoms with E-state index in [-0.39, 0.29) is 17.8 Å². The van der Waals surface area contributed by atoms with Crippen molar-refractivity contribution in [2.75, 3.05) is 0 Å². The Morgan fingerprint density at radius 1 is 1.33 bits per heavy atom. The van der Waals surface area contributed by atoms with Crippen LogP contribution in [0.1, 0.15) is 41.9 Å². The highest BCUT2D eigenvalue weighted by molar-refractivity contribution is 5.94. The predicted octanol–water partition coefficient (Wildman–Crippen LogP) is 2.46. The number of nitrogens with zero attached hydrogens (tertiary/aromatic N) is 3. The molecule has 0 radical (unpaired) electrons. The molecule has 1 saturated heterocycles. The minimum atomic E-state index is -0.177. The molecule has 2 aliphatic heterocycles. The molecular formula is C16H13N3O2. The number of rotatable bonds is 0. The van der Waals surface area contributed by atoms with E-state index in [1.807, 2.05) is 22.7 Å². The summed E-state index contributed by atoms with van der Waals surface area (Å²) in [5.41, 5.74) is 4.39. The molecule has 0 aliphatic carbocycles. The van der Waals surface area contributed by atoms with E-state index in [1.54, 1.807) is 13.1 Å². The Bertz CT molecular complexity index is 977. The van der Waals surface area contributed by atoms with E-state index < -0.39 is 0 Å². The Kier molecular flexibility index (Phi) is 2.00. The molecule has 2 atom stereocenters. The van der Waals surface area contributed by atoms with Gasteiger partial charge in [-0.15, -0.1) is 0 Å². The third kappa shape index (κ3) is 1.32. The van der Waals surface area contributed by atoms with Crippen molar-refractivity contribution in [2.24, 2.45) is 0 Å². The molecule has 2 aliphatic rings. The van der Waals surface area contributed by atoms with Crippen LogP contribution < -0.4 is 5.56 Å². The number of aryl methyl sites for hydroxylation is 1. The van der Waals surface area contributed by atoms with Gasteiger partial charge in [0.2, 0.25) is 0 Å². The fourth-order valence-corrected chi connectivity index (χ4v) is 3.67. The van der Waals surface area contributed by atoms with Crippen molar-refractivity contribution < 1.29 is 4.74 Å². The molecule has 5 heterocycles. The number of fused-ring (bicyclic) bond motifs is 10.